The zero-order chi connectivity index (χ0) is 13.0. The maximum atomic E-state index is 5.22. The molecule has 18 heavy (non-hydrogen) atoms. The Bertz CT molecular complexity index is 530. The average molecular weight is 260 g/mol. The van der Waals surface area contributed by atoms with Crippen molar-refractivity contribution in [3.63, 3.8) is 0 Å². The minimum Gasteiger partial charge on any atom is -0.357 e. The van der Waals surface area contributed by atoms with Gasteiger partial charge in [-0.05, 0) is 37.3 Å². The smallest absolute Gasteiger partial charge is 0.171 e. The lowest BCUT2D eigenvalue weighted by Gasteiger charge is -2.09. The third kappa shape index (κ3) is 3.56. The van der Waals surface area contributed by atoms with Crippen molar-refractivity contribution in [2.75, 3.05) is 5.32 Å². The summed E-state index contributed by atoms with van der Waals surface area (Å²) in [7, 11) is 1.90. The second-order valence-electron chi connectivity index (χ2n) is 4.15. The highest BCUT2D eigenvalue weighted by Crippen LogP contribution is 2.08. The molecule has 0 aliphatic rings. The lowest BCUT2D eigenvalue weighted by molar-refractivity contribution is 0.731. The summed E-state index contributed by atoms with van der Waals surface area (Å²) in [6.07, 6.45) is 1.91. The van der Waals surface area contributed by atoms with Crippen molar-refractivity contribution < 1.29 is 0 Å². The number of nitrogens with zero attached hydrogens (tertiary/aromatic N) is 2. The van der Waals surface area contributed by atoms with Crippen molar-refractivity contribution in [3.8, 4) is 0 Å². The van der Waals surface area contributed by atoms with Crippen molar-refractivity contribution in [2.45, 2.75) is 13.5 Å². The van der Waals surface area contributed by atoms with Gasteiger partial charge in [-0.3, -0.25) is 4.68 Å². The summed E-state index contributed by atoms with van der Waals surface area (Å²) in [6.45, 7) is 2.68. The molecule has 2 N–H and O–H groups in total. The van der Waals surface area contributed by atoms with E-state index >= 15 is 0 Å². The molecular weight excluding hydrogens is 244 g/mol. The Hall–Kier alpha value is -1.88. The molecular formula is C13H16N4S. The van der Waals surface area contributed by atoms with Crippen molar-refractivity contribution >= 4 is 23.0 Å². The monoisotopic (exact) mass is 260 g/mol. The summed E-state index contributed by atoms with van der Waals surface area (Å²) >= 11 is 5.22. The van der Waals surface area contributed by atoms with Crippen LogP contribution < -0.4 is 10.6 Å². The minimum atomic E-state index is 0.601. The highest BCUT2D eigenvalue weighted by atomic mass is 32.1. The Balaban J connectivity index is 1.83. The molecule has 0 spiro atoms. The van der Waals surface area contributed by atoms with Gasteiger partial charge in [0.05, 0.1) is 12.2 Å². The quantitative estimate of drug-likeness (QED) is 0.830. The molecule has 0 atom stereocenters. The summed E-state index contributed by atoms with van der Waals surface area (Å²) < 4.78 is 1.77. The minimum absolute atomic E-state index is 0.601. The van der Waals surface area contributed by atoms with Crippen molar-refractivity contribution in [3.05, 3.63) is 47.8 Å². The summed E-state index contributed by atoms with van der Waals surface area (Å²) in [5.41, 5.74) is 3.18. The zero-order valence-electron chi connectivity index (χ0n) is 10.5. The predicted molar refractivity (Wildman–Crippen MR) is 77.4 cm³/mol. The van der Waals surface area contributed by atoms with Gasteiger partial charge in [0.1, 0.15) is 0 Å². The van der Waals surface area contributed by atoms with E-state index in [2.05, 4.69) is 22.7 Å². The second-order valence-corrected chi connectivity index (χ2v) is 4.56. The molecule has 4 nitrogen and oxygen atoms in total. The van der Waals surface area contributed by atoms with Crippen LogP contribution in [-0.4, -0.2) is 14.9 Å². The fourth-order valence-electron chi connectivity index (χ4n) is 1.54. The fourth-order valence-corrected chi connectivity index (χ4v) is 1.73. The van der Waals surface area contributed by atoms with Crippen LogP contribution in [0.3, 0.4) is 0 Å². The number of aromatic nitrogens is 2. The van der Waals surface area contributed by atoms with Gasteiger partial charge in [0.15, 0.2) is 5.11 Å². The number of rotatable bonds is 3. The van der Waals surface area contributed by atoms with E-state index in [4.69, 9.17) is 12.2 Å². The lowest BCUT2D eigenvalue weighted by Crippen LogP contribution is -2.28. The molecule has 5 heteroatoms. The summed E-state index contributed by atoms with van der Waals surface area (Å²) in [6, 6.07) is 10.1. The van der Waals surface area contributed by atoms with Crippen molar-refractivity contribution in [2.24, 2.45) is 7.05 Å². The largest absolute Gasteiger partial charge is 0.357 e. The fraction of sp³-hybridized carbons (Fsp3) is 0.231. The molecule has 0 aliphatic carbocycles. The van der Waals surface area contributed by atoms with Crippen LogP contribution >= 0.6 is 12.2 Å². The number of hydrogen-bond acceptors (Lipinski definition) is 2. The molecule has 1 heterocycles. The standard InChI is InChI=1S/C13H16N4S/c1-10-3-5-11(6-4-10)15-13(18)14-9-12-7-8-17(2)16-12/h3-8H,9H2,1-2H3,(H2,14,15,18). The van der Waals surface area contributed by atoms with Crippen LogP contribution in [0, 0.1) is 6.92 Å². The van der Waals surface area contributed by atoms with Crippen LogP contribution in [0.4, 0.5) is 5.69 Å². The highest BCUT2D eigenvalue weighted by Gasteiger charge is 1.99. The maximum Gasteiger partial charge on any atom is 0.171 e. The molecule has 1 aromatic heterocycles. The van der Waals surface area contributed by atoms with E-state index < -0.39 is 0 Å². The van der Waals surface area contributed by atoms with Gasteiger partial charge in [0, 0.05) is 18.9 Å². The molecule has 2 aromatic rings. The molecule has 0 bridgehead atoms. The first kappa shape index (κ1) is 12.6. The molecule has 0 saturated heterocycles. The maximum absolute atomic E-state index is 5.22. The molecule has 0 fully saturated rings. The van der Waals surface area contributed by atoms with Crippen LogP contribution in [0.2, 0.25) is 0 Å². The molecule has 2 rings (SSSR count). The normalized spacial score (nSPS) is 10.1. The number of anilines is 1. The first-order valence-electron chi connectivity index (χ1n) is 5.73. The van der Waals surface area contributed by atoms with Gasteiger partial charge < -0.3 is 10.6 Å². The lowest BCUT2D eigenvalue weighted by atomic mass is 10.2. The molecule has 1 aromatic carbocycles. The van der Waals surface area contributed by atoms with E-state index in [0.717, 1.165) is 11.4 Å². The number of nitrogens with one attached hydrogen (secondary N) is 2. The summed E-state index contributed by atoms with van der Waals surface area (Å²) in [5.74, 6) is 0. The van der Waals surface area contributed by atoms with Crippen LogP contribution in [0.5, 0.6) is 0 Å². The number of aryl methyl sites for hydroxylation is 2. The Labute approximate surface area is 112 Å². The second kappa shape index (κ2) is 5.64. The van der Waals surface area contributed by atoms with Crippen LogP contribution in [0.25, 0.3) is 0 Å². The van der Waals surface area contributed by atoms with Crippen molar-refractivity contribution in [1.29, 1.82) is 0 Å². The summed E-state index contributed by atoms with van der Waals surface area (Å²) in [5, 5.41) is 11.1. The Kier molecular flexibility index (Phi) is 3.94. The van der Waals surface area contributed by atoms with Gasteiger partial charge in [-0.2, -0.15) is 5.10 Å². The molecule has 0 amide bonds. The first-order valence-corrected chi connectivity index (χ1v) is 6.14. The predicted octanol–water partition coefficient (Wildman–Crippen LogP) is 2.22. The molecule has 0 saturated carbocycles. The van der Waals surface area contributed by atoms with E-state index in [1.165, 1.54) is 5.56 Å². The number of hydrogen-bond donors (Lipinski definition) is 2. The molecule has 0 unspecified atom stereocenters. The molecule has 0 aliphatic heterocycles. The van der Waals surface area contributed by atoms with Gasteiger partial charge in [0.2, 0.25) is 0 Å². The van der Waals surface area contributed by atoms with E-state index in [1.807, 2.05) is 43.6 Å². The van der Waals surface area contributed by atoms with Gasteiger partial charge in [-0.1, -0.05) is 17.7 Å². The van der Waals surface area contributed by atoms with E-state index in [-0.39, 0.29) is 0 Å². The van der Waals surface area contributed by atoms with Crippen LogP contribution in [0.15, 0.2) is 36.5 Å². The first-order chi connectivity index (χ1) is 8.63. The molecule has 94 valence electrons. The highest BCUT2D eigenvalue weighted by molar-refractivity contribution is 7.80. The van der Waals surface area contributed by atoms with Crippen LogP contribution in [-0.2, 0) is 13.6 Å². The van der Waals surface area contributed by atoms with E-state index in [0.29, 0.717) is 11.7 Å². The third-order valence-electron chi connectivity index (χ3n) is 2.51. The van der Waals surface area contributed by atoms with Gasteiger partial charge in [0.25, 0.3) is 0 Å². The van der Waals surface area contributed by atoms with E-state index in [9.17, 15) is 0 Å². The SMILES string of the molecule is Cc1ccc(NC(=S)NCc2ccn(C)n2)cc1. The van der Waals surface area contributed by atoms with Crippen molar-refractivity contribution in [1.82, 2.24) is 15.1 Å². The number of thiocarbonyl (C=S) groups is 1. The van der Waals surface area contributed by atoms with Crippen LogP contribution in [0.1, 0.15) is 11.3 Å². The van der Waals surface area contributed by atoms with Gasteiger partial charge >= 0.3 is 0 Å². The average Bonchev–Trinajstić information content (AvgIpc) is 2.76. The Morgan fingerprint density at radius 2 is 2.00 bits per heavy atom. The Morgan fingerprint density at radius 1 is 1.28 bits per heavy atom. The van der Waals surface area contributed by atoms with Gasteiger partial charge in [-0.25, -0.2) is 0 Å². The number of benzene rings is 1. The zero-order valence-corrected chi connectivity index (χ0v) is 11.3. The third-order valence-corrected chi connectivity index (χ3v) is 2.75. The topological polar surface area (TPSA) is 41.9 Å². The molecule has 0 radical (unpaired) electrons. The Morgan fingerprint density at radius 3 is 2.61 bits per heavy atom. The summed E-state index contributed by atoms with van der Waals surface area (Å²) in [4.78, 5) is 0. The van der Waals surface area contributed by atoms with E-state index in [1.54, 1.807) is 4.68 Å². The van der Waals surface area contributed by atoms with Gasteiger partial charge in [-0.15, -0.1) is 0 Å².